The zero-order chi connectivity index (χ0) is 7.98. The van der Waals surface area contributed by atoms with Gasteiger partial charge in [0.1, 0.15) is 5.78 Å². The molecule has 0 aromatic carbocycles. The summed E-state index contributed by atoms with van der Waals surface area (Å²) in [7, 11) is 0. The summed E-state index contributed by atoms with van der Waals surface area (Å²) in [5.74, 6) is 0.624. The predicted octanol–water partition coefficient (Wildman–Crippen LogP) is 1.91. The first kappa shape index (κ1) is 9.16. The van der Waals surface area contributed by atoms with E-state index in [-0.39, 0.29) is 12.2 Å². The number of carbonyl (C=O) groups excluding carboxylic acids is 1. The van der Waals surface area contributed by atoms with Gasteiger partial charge in [0.15, 0.2) is 0 Å². The van der Waals surface area contributed by atoms with Crippen LogP contribution < -0.4 is 0 Å². The highest BCUT2D eigenvalue weighted by molar-refractivity contribution is 5.80. The number of hydrogen-bond donors (Lipinski definition) is 0. The lowest BCUT2D eigenvalue weighted by molar-refractivity contribution is -0.118. The fourth-order valence-electron chi connectivity index (χ4n) is 0.626. The highest BCUT2D eigenvalue weighted by atomic mass is 16.1. The van der Waals surface area contributed by atoms with Gasteiger partial charge >= 0.3 is 0 Å². The summed E-state index contributed by atoms with van der Waals surface area (Å²) in [6.45, 7) is 4.14. The van der Waals surface area contributed by atoms with E-state index in [9.17, 15) is 4.79 Å². The number of carbonyl (C=O) groups is 1. The smallest absolute Gasteiger partial charge is 0.146 e. The van der Waals surface area contributed by atoms with Gasteiger partial charge in [0.25, 0.3) is 0 Å². The molecule has 0 aliphatic carbocycles. The van der Waals surface area contributed by atoms with Crippen LogP contribution in [0.3, 0.4) is 0 Å². The van der Waals surface area contributed by atoms with Gasteiger partial charge in [-0.05, 0) is 12.3 Å². The first-order chi connectivity index (χ1) is 4.66. The minimum atomic E-state index is 0.0659. The van der Waals surface area contributed by atoms with E-state index in [2.05, 4.69) is 13.8 Å². The molecule has 0 aliphatic heterocycles. The molecule has 2 heteroatoms. The molecule has 0 saturated heterocycles. The van der Waals surface area contributed by atoms with Gasteiger partial charge in [-0.2, -0.15) is 5.26 Å². The molecular formula is C8H13NO. The fourth-order valence-corrected chi connectivity index (χ4v) is 0.626. The molecule has 10 heavy (non-hydrogen) atoms. The Hall–Kier alpha value is -0.840. The third-order valence-electron chi connectivity index (χ3n) is 1.28. The van der Waals surface area contributed by atoms with Crippen LogP contribution in [-0.4, -0.2) is 5.78 Å². The van der Waals surface area contributed by atoms with E-state index < -0.39 is 0 Å². The van der Waals surface area contributed by atoms with E-state index in [4.69, 9.17) is 5.26 Å². The lowest BCUT2D eigenvalue weighted by Crippen LogP contribution is -1.98. The standard InChI is InChI=1S/C8H13NO/c1-7(2)3-4-8(10)5-6-9/h7H,3-5H2,1-2H3. The molecule has 0 saturated carbocycles. The number of rotatable bonds is 4. The second-order valence-electron chi connectivity index (χ2n) is 2.81. The Morgan fingerprint density at radius 2 is 2.20 bits per heavy atom. The number of nitrogens with zero attached hydrogens (tertiary/aromatic N) is 1. The molecule has 0 rings (SSSR count). The second-order valence-corrected chi connectivity index (χ2v) is 2.81. The molecule has 0 heterocycles. The van der Waals surface area contributed by atoms with Crippen LogP contribution in [0.1, 0.15) is 33.1 Å². The third kappa shape index (κ3) is 5.30. The molecule has 0 N–H and O–H groups in total. The van der Waals surface area contributed by atoms with E-state index in [1.165, 1.54) is 0 Å². The van der Waals surface area contributed by atoms with Crippen LogP contribution in [-0.2, 0) is 4.79 Å². The van der Waals surface area contributed by atoms with E-state index in [0.29, 0.717) is 12.3 Å². The van der Waals surface area contributed by atoms with Crippen molar-refractivity contribution in [3.8, 4) is 6.07 Å². The molecule has 0 aromatic heterocycles. The average Bonchev–Trinajstić information content (AvgIpc) is 1.85. The molecule has 0 atom stereocenters. The average molecular weight is 139 g/mol. The van der Waals surface area contributed by atoms with Crippen LogP contribution in [0, 0.1) is 17.2 Å². The van der Waals surface area contributed by atoms with Gasteiger partial charge in [-0.15, -0.1) is 0 Å². The van der Waals surface area contributed by atoms with Crippen LogP contribution >= 0.6 is 0 Å². The van der Waals surface area contributed by atoms with Crippen molar-refractivity contribution in [3.63, 3.8) is 0 Å². The molecule has 0 aromatic rings. The van der Waals surface area contributed by atoms with Crippen LogP contribution in [0.2, 0.25) is 0 Å². The maximum absolute atomic E-state index is 10.7. The van der Waals surface area contributed by atoms with E-state index >= 15 is 0 Å². The van der Waals surface area contributed by atoms with Crippen molar-refractivity contribution in [2.45, 2.75) is 33.1 Å². The molecule has 0 aliphatic rings. The Balaban J connectivity index is 3.33. The van der Waals surface area contributed by atoms with Gasteiger partial charge in [-0.1, -0.05) is 13.8 Å². The molecule has 56 valence electrons. The number of Topliss-reactive ketones (excluding diaryl/α,β-unsaturated/α-hetero) is 1. The normalized spacial score (nSPS) is 9.40. The summed E-state index contributed by atoms with van der Waals surface area (Å²) in [5, 5.41) is 8.13. The van der Waals surface area contributed by atoms with E-state index in [1.54, 1.807) is 0 Å². The Morgan fingerprint density at radius 3 is 2.60 bits per heavy atom. The molecular weight excluding hydrogens is 126 g/mol. The SMILES string of the molecule is CC(C)CCC(=O)CC#N. The molecule has 0 bridgehead atoms. The van der Waals surface area contributed by atoms with Crippen molar-refractivity contribution >= 4 is 5.78 Å². The number of nitriles is 1. The summed E-state index contributed by atoms with van der Waals surface area (Å²) >= 11 is 0. The summed E-state index contributed by atoms with van der Waals surface area (Å²) < 4.78 is 0. The molecule has 2 nitrogen and oxygen atoms in total. The van der Waals surface area contributed by atoms with Crippen molar-refractivity contribution in [3.05, 3.63) is 0 Å². The van der Waals surface area contributed by atoms with Crippen LogP contribution in [0.5, 0.6) is 0 Å². The highest BCUT2D eigenvalue weighted by Crippen LogP contribution is 2.04. The molecule has 0 radical (unpaired) electrons. The van der Waals surface area contributed by atoms with Crippen molar-refractivity contribution < 1.29 is 4.79 Å². The van der Waals surface area contributed by atoms with Crippen molar-refractivity contribution in [1.29, 1.82) is 5.26 Å². The minimum Gasteiger partial charge on any atom is -0.299 e. The van der Waals surface area contributed by atoms with E-state index in [1.807, 2.05) is 6.07 Å². The molecule has 0 fully saturated rings. The monoisotopic (exact) mass is 139 g/mol. The summed E-state index contributed by atoms with van der Waals surface area (Å²) in [6, 6.07) is 1.84. The zero-order valence-corrected chi connectivity index (χ0v) is 6.55. The summed E-state index contributed by atoms with van der Waals surface area (Å²) in [6.07, 6.45) is 1.54. The summed E-state index contributed by atoms with van der Waals surface area (Å²) in [5.41, 5.74) is 0. The number of hydrogen-bond acceptors (Lipinski definition) is 2. The first-order valence-corrected chi connectivity index (χ1v) is 3.55. The quantitative estimate of drug-likeness (QED) is 0.597. The van der Waals surface area contributed by atoms with E-state index in [0.717, 1.165) is 6.42 Å². The van der Waals surface area contributed by atoms with Gasteiger partial charge in [0.2, 0.25) is 0 Å². The molecule has 0 amide bonds. The Morgan fingerprint density at radius 1 is 1.60 bits per heavy atom. The second kappa shape index (κ2) is 4.99. The summed E-state index contributed by atoms with van der Waals surface area (Å²) in [4.78, 5) is 10.7. The first-order valence-electron chi connectivity index (χ1n) is 3.55. The van der Waals surface area contributed by atoms with Crippen molar-refractivity contribution in [2.75, 3.05) is 0 Å². The lowest BCUT2D eigenvalue weighted by Gasteiger charge is -1.99. The van der Waals surface area contributed by atoms with Crippen molar-refractivity contribution in [1.82, 2.24) is 0 Å². The molecule has 0 spiro atoms. The Labute approximate surface area is 61.8 Å². The van der Waals surface area contributed by atoms with Gasteiger partial charge in [0.05, 0.1) is 12.5 Å². The molecule has 0 unspecified atom stereocenters. The Kier molecular flexibility index (Phi) is 4.57. The minimum absolute atomic E-state index is 0.0659. The maximum atomic E-state index is 10.7. The van der Waals surface area contributed by atoms with Gasteiger partial charge in [0, 0.05) is 6.42 Å². The zero-order valence-electron chi connectivity index (χ0n) is 6.55. The highest BCUT2D eigenvalue weighted by Gasteiger charge is 2.01. The van der Waals surface area contributed by atoms with Crippen LogP contribution in [0.15, 0.2) is 0 Å². The largest absolute Gasteiger partial charge is 0.299 e. The van der Waals surface area contributed by atoms with Crippen LogP contribution in [0.25, 0.3) is 0 Å². The lowest BCUT2D eigenvalue weighted by atomic mass is 10.1. The topological polar surface area (TPSA) is 40.9 Å². The van der Waals surface area contributed by atoms with Crippen LogP contribution in [0.4, 0.5) is 0 Å². The maximum Gasteiger partial charge on any atom is 0.146 e. The third-order valence-corrected chi connectivity index (χ3v) is 1.28. The van der Waals surface area contributed by atoms with Gasteiger partial charge in [-0.3, -0.25) is 4.79 Å². The van der Waals surface area contributed by atoms with Gasteiger partial charge < -0.3 is 0 Å². The Bertz CT molecular complexity index is 144. The fraction of sp³-hybridized carbons (Fsp3) is 0.750. The van der Waals surface area contributed by atoms with Crippen molar-refractivity contribution in [2.24, 2.45) is 5.92 Å². The number of ketones is 1. The van der Waals surface area contributed by atoms with Gasteiger partial charge in [-0.25, -0.2) is 0 Å². The predicted molar refractivity (Wildman–Crippen MR) is 39.3 cm³/mol.